The quantitative estimate of drug-likeness (QED) is 0.799. The predicted molar refractivity (Wildman–Crippen MR) is 69.5 cm³/mol. The molecule has 1 amide bonds. The first-order chi connectivity index (χ1) is 9.88. The average molecular weight is 299 g/mol. The Kier molecular flexibility index (Phi) is 3.43. The first-order valence-corrected chi connectivity index (χ1v) is 7.05. The van der Waals surface area contributed by atoms with E-state index in [1.165, 1.54) is 0 Å². The van der Waals surface area contributed by atoms with Crippen LogP contribution in [0.2, 0.25) is 0 Å². The van der Waals surface area contributed by atoms with Gasteiger partial charge in [0.15, 0.2) is 0 Å². The van der Waals surface area contributed by atoms with Gasteiger partial charge in [-0.05, 0) is 47.9 Å². The van der Waals surface area contributed by atoms with Crippen molar-refractivity contribution in [2.24, 2.45) is 0 Å². The first kappa shape index (κ1) is 14.4. The number of amides is 1. The number of hydrogen-bond acceptors (Lipinski definition) is 2. The molecule has 0 fully saturated rings. The van der Waals surface area contributed by atoms with Crippen LogP contribution in [0.5, 0.6) is 0 Å². The predicted octanol–water partition coefficient (Wildman–Crippen LogP) is 2.50. The van der Waals surface area contributed by atoms with Crippen LogP contribution in [-0.2, 0) is 24.2 Å². The highest BCUT2D eigenvalue weighted by Gasteiger charge is 2.43. The van der Waals surface area contributed by atoms with Crippen molar-refractivity contribution in [3.63, 3.8) is 0 Å². The van der Waals surface area contributed by atoms with Crippen molar-refractivity contribution in [3.05, 3.63) is 34.4 Å². The number of hydrogen-bond donors (Lipinski definition) is 1. The number of nitrogens with zero attached hydrogens (tertiary/aromatic N) is 1. The summed E-state index contributed by atoms with van der Waals surface area (Å²) < 4.78 is 37.5. The van der Waals surface area contributed by atoms with E-state index in [4.69, 9.17) is 0 Å². The molecule has 0 spiro atoms. The molecular formula is C15H16F3NO2. The molecule has 3 nitrogen and oxygen atoms in total. The highest BCUT2D eigenvalue weighted by atomic mass is 19.4. The van der Waals surface area contributed by atoms with Crippen LogP contribution in [0, 0.1) is 0 Å². The minimum absolute atomic E-state index is 0.00292. The van der Waals surface area contributed by atoms with Crippen molar-refractivity contribution < 1.29 is 23.1 Å². The lowest BCUT2D eigenvalue weighted by Gasteiger charge is -2.33. The van der Waals surface area contributed by atoms with Crippen molar-refractivity contribution in [3.8, 4) is 0 Å². The van der Waals surface area contributed by atoms with Gasteiger partial charge in [-0.15, -0.1) is 0 Å². The first-order valence-electron chi connectivity index (χ1n) is 7.05. The summed E-state index contributed by atoms with van der Waals surface area (Å²) in [5.74, 6) is -1.77. The molecule has 1 aromatic carbocycles. The fraction of sp³-hybridized carbons (Fsp3) is 0.533. The molecule has 0 bridgehead atoms. The maximum absolute atomic E-state index is 12.5. The molecule has 1 aromatic rings. The van der Waals surface area contributed by atoms with E-state index in [1.807, 2.05) is 0 Å². The summed E-state index contributed by atoms with van der Waals surface area (Å²) in [6, 6.07) is 3.54. The molecule has 114 valence electrons. The topological polar surface area (TPSA) is 40.5 Å². The van der Waals surface area contributed by atoms with Gasteiger partial charge in [0.05, 0.1) is 6.10 Å². The number of rotatable bonds is 0. The molecule has 0 saturated carbocycles. The second-order valence-electron chi connectivity index (χ2n) is 5.65. The Hall–Kier alpha value is -1.56. The lowest BCUT2D eigenvalue weighted by atomic mass is 9.82. The zero-order chi connectivity index (χ0) is 15.2. The Morgan fingerprint density at radius 3 is 2.71 bits per heavy atom. The van der Waals surface area contributed by atoms with Crippen LogP contribution in [0.1, 0.15) is 41.2 Å². The van der Waals surface area contributed by atoms with Crippen LogP contribution in [0.3, 0.4) is 0 Å². The van der Waals surface area contributed by atoms with Gasteiger partial charge in [-0.25, -0.2) is 0 Å². The fourth-order valence-electron chi connectivity index (χ4n) is 3.34. The lowest BCUT2D eigenvalue weighted by Crippen LogP contribution is -2.44. The maximum Gasteiger partial charge on any atom is 0.471 e. The van der Waals surface area contributed by atoms with Gasteiger partial charge >= 0.3 is 12.1 Å². The molecule has 0 radical (unpaired) electrons. The molecule has 3 rings (SSSR count). The second-order valence-corrected chi connectivity index (χ2v) is 5.65. The lowest BCUT2D eigenvalue weighted by molar-refractivity contribution is -0.186. The van der Waals surface area contributed by atoms with Crippen molar-refractivity contribution in [1.29, 1.82) is 0 Å². The molecular weight excluding hydrogens is 283 g/mol. The summed E-state index contributed by atoms with van der Waals surface area (Å²) in [6.45, 7) is 0.0783. The minimum Gasteiger partial charge on any atom is -0.388 e. The van der Waals surface area contributed by atoms with E-state index in [0.29, 0.717) is 6.42 Å². The van der Waals surface area contributed by atoms with Crippen LogP contribution in [0.4, 0.5) is 13.2 Å². The largest absolute Gasteiger partial charge is 0.471 e. The van der Waals surface area contributed by atoms with Gasteiger partial charge in [0, 0.05) is 13.1 Å². The zero-order valence-electron chi connectivity index (χ0n) is 11.4. The highest BCUT2D eigenvalue weighted by molar-refractivity contribution is 5.82. The van der Waals surface area contributed by atoms with Gasteiger partial charge in [-0.2, -0.15) is 13.2 Å². The Labute approximate surface area is 120 Å². The Balaban J connectivity index is 1.90. The van der Waals surface area contributed by atoms with Gasteiger partial charge in [0.25, 0.3) is 0 Å². The van der Waals surface area contributed by atoms with E-state index in [-0.39, 0.29) is 13.1 Å². The van der Waals surface area contributed by atoms with E-state index < -0.39 is 18.2 Å². The molecule has 6 heteroatoms. The summed E-state index contributed by atoms with van der Waals surface area (Å²) in [5, 5.41) is 10.00. The SMILES string of the molecule is O=C(N1CCc2c(ccc3c2CCC[C@@H]3O)C1)C(F)(F)F. The molecule has 1 aliphatic heterocycles. The van der Waals surface area contributed by atoms with Crippen molar-refractivity contribution in [1.82, 2.24) is 4.90 Å². The molecule has 21 heavy (non-hydrogen) atoms. The third-order valence-corrected chi connectivity index (χ3v) is 4.35. The Morgan fingerprint density at radius 2 is 2.00 bits per heavy atom. The van der Waals surface area contributed by atoms with Crippen molar-refractivity contribution in [2.45, 2.75) is 44.5 Å². The van der Waals surface area contributed by atoms with E-state index in [9.17, 15) is 23.1 Å². The number of alkyl halides is 3. The van der Waals surface area contributed by atoms with E-state index in [2.05, 4.69) is 0 Å². The summed E-state index contributed by atoms with van der Waals surface area (Å²) in [4.78, 5) is 12.2. The minimum atomic E-state index is -4.82. The molecule has 1 N–H and O–H groups in total. The summed E-state index contributed by atoms with van der Waals surface area (Å²) in [5.41, 5.74) is 3.77. The van der Waals surface area contributed by atoms with E-state index in [0.717, 1.165) is 46.4 Å². The van der Waals surface area contributed by atoms with E-state index in [1.54, 1.807) is 12.1 Å². The molecule has 0 saturated heterocycles. The molecule has 2 aliphatic rings. The molecule has 0 aromatic heterocycles. The van der Waals surface area contributed by atoms with Gasteiger partial charge in [0.2, 0.25) is 0 Å². The van der Waals surface area contributed by atoms with Crippen LogP contribution in [0.25, 0.3) is 0 Å². The fourth-order valence-corrected chi connectivity index (χ4v) is 3.34. The summed E-state index contributed by atoms with van der Waals surface area (Å²) >= 11 is 0. The standard InChI is InChI=1S/C15H16F3NO2/c16-15(17,18)14(21)19-7-6-10-9(8-19)4-5-12-11(10)2-1-3-13(12)20/h4-5,13,20H,1-3,6-8H2/t13-/m0/s1. The Bertz CT molecular complexity index is 583. The van der Waals surface area contributed by atoms with Gasteiger partial charge in [0.1, 0.15) is 0 Å². The van der Waals surface area contributed by atoms with Crippen LogP contribution in [-0.4, -0.2) is 28.6 Å². The second kappa shape index (κ2) is 5.02. The normalized spacial score (nSPS) is 21.7. The molecule has 1 aliphatic carbocycles. The Morgan fingerprint density at radius 1 is 1.24 bits per heavy atom. The number of carbonyl (C=O) groups is 1. The van der Waals surface area contributed by atoms with Crippen LogP contribution < -0.4 is 0 Å². The van der Waals surface area contributed by atoms with Crippen LogP contribution in [0.15, 0.2) is 12.1 Å². The zero-order valence-corrected chi connectivity index (χ0v) is 11.4. The van der Waals surface area contributed by atoms with Crippen LogP contribution >= 0.6 is 0 Å². The number of carbonyl (C=O) groups excluding carboxylic acids is 1. The smallest absolute Gasteiger partial charge is 0.388 e. The molecule has 1 heterocycles. The van der Waals surface area contributed by atoms with Gasteiger partial charge in [-0.1, -0.05) is 12.1 Å². The number of fused-ring (bicyclic) bond motifs is 3. The molecule has 0 unspecified atom stereocenters. The number of halogens is 3. The average Bonchev–Trinajstić information content (AvgIpc) is 2.45. The maximum atomic E-state index is 12.5. The summed E-state index contributed by atoms with van der Waals surface area (Å²) in [7, 11) is 0. The van der Waals surface area contributed by atoms with Gasteiger partial charge < -0.3 is 10.0 Å². The number of benzene rings is 1. The van der Waals surface area contributed by atoms with Gasteiger partial charge in [-0.3, -0.25) is 4.79 Å². The van der Waals surface area contributed by atoms with E-state index >= 15 is 0 Å². The third kappa shape index (κ3) is 2.52. The highest BCUT2D eigenvalue weighted by Crippen LogP contribution is 2.35. The van der Waals surface area contributed by atoms with Crippen molar-refractivity contribution >= 4 is 5.91 Å². The number of aliphatic hydroxyl groups excluding tert-OH is 1. The third-order valence-electron chi connectivity index (χ3n) is 4.35. The molecule has 1 atom stereocenters. The monoisotopic (exact) mass is 299 g/mol. The van der Waals surface area contributed by atoms with Crippen molar-refractivity contribution in [2.75, 3.05) is 6.54 Å². The number of aliphatic hydroxyl groups is 1. The summed E-state index contributed by atoms with van der Waals surface area (Å²) in [6.07, 6.45) is -2.41.